The maximum Gasteiger partial charge on any atom is 0.228 e. The van der Waals surface area contributed by atoms with Gasteiger partial charge in [0.1, 0.15) is 17.5 Å². The Kier molecular flexibility index (Phi) is 7.39. The molecule has 8 heteroatoms. The molecule has 0 unspecified atom stereocenters. The van der Waals surface area contributed by atoms with Gasteiger partial charge in [-0.1, -0.05) is 42.5 Å². The molecule has 37 heavy (non-hydrogen) atoms. The summed E-state index contributed by atoms with van der Waals surface area (Å²) >= 11 is 0. The number of rotatable bonds is 7. The second-order valence-electron chi connectivity index (χ2n) is 9.69. The third kappa shape index (κ3) is 4.79. The highest BCUT2D eigenvalue weighted by molar-refractivity contribution is 5.82. The van der Waals surface area contributed by atoms with Crippen LogP contribution in [0.4, 0.5) is 5.82 Å². The zero-order chi connectivity index (χ0) is 25.8. The molecule has 0 spiro atoms. The van der Waals surface area contributed by atoms with Crippen LogP contribution in [0.3, 0.4) is 0 Å². The molecule has 1 amide bonds. The Hall–Kier alpha value is -3.49. The monoisotopic (exact) mass is 502 g/mol. The van der Waals surface area contributed by atoms with E-state index >= 15 is 0 Å². The third-order valence-electron chi connectivity index (χ3n) is 7.95. The van der Waals surface area contributed by atoms with Gasteiger partial charge in [-0.15, -0.1) is 5.10 Å². The quantitative estimate of drug-likeness (QED) is 0.490. The van der Waals surface area contributed by atoms with E-state index in [1.165, 1.54) is 0 Å². The molecule has 5 rings (SSSR count). The van der Waals surface area contributed by atoms with Gasteiger partial charge in [0.15, 0.2) is 5.82 Å². The van der Waals surface area contributed by atoms with Gasteiger partial charge in [-0.3, -0.25) is 4.79 Å². The lowest BCUT2D eigenvalue weighted by Crippen LogP contribution is -2.57. The van der Waals surface area contributed by atoms with Crippen LogP contribution < -0.4 is 9.64 Å². The molecule has 8 nitrogen and oxygen atoms in total. The molecule has 0 aliphatic carbocycles. The van der Waals surface area contributed by atoms with Crippen LogP contribution in [0, 0.1) is 5.92 Å². The van der Waals surface area contributed by atoms with Crippen molar-refractivity contribution in [2.45, 2.75) is 24.0 Å². The first-order chi connectivity index (χ1) is 18.1. The zero-order valence-corrected chi connectivity index (χ0v) is 21.6. The maximum atomic E-state index is 14.1. The first-order valence-electron chi connectivity index (χ1n) is 12.7. The van der Waals surface area contributed by atoms with Gasteiger partial charge < -0.3 is 24.0 Å². The predicted octanol–water partition coefficient (Wildman–Crippen LogP) is 3.49. The molecule has 3 aromatic rings. The second-order valence-corrected chi connectivity index (χ2v) is 9.69. The molecule has 0 bridgehead atoms. The summed E-state index contributed by atoms with van der Waals surface area (Å²) in [7, 11) is 5.08. The fraction of sp³-hybridized carbons (Fsp3) is 0.414. The number of carbonyl (C=O) groups is 1. The van der Waals surface area contributed by atoms with E-state index in [1.54, 1.807) is 27.5 Å². The van der Waals surface area contributed by atoms with E-state index in [1.807, 2.05) is 47.4 Å². The molecule has 1 aromatic heterocycles. The summed E-state index contributed by atoms with van der Waals surface area (Å²) in [5.41, 5.74) is 1.59. The van der Waals surface area contributed by atoms with Crippen molar-refractivity contribution < 1.29 is 19.0 Å². The number of likely N-dealkylation sites (tertiary alicyclic amines) is 1. The van der Waals surface area contributed by atoms with Gasteiger partial charge in [0, 0.05) is 52.4 Å². The van der Waals surface area contributed by atoms with E-state index in [4.69, 9.17) is 14.2 Å². The van der Waals surface area contributed by atoms with Gasteiger partial charge in [0.25, 0.3) is 0 Å². The number of hydrogen-bond acceptors (Lipinski definition) is 7. The molecule has 2 aliphatic heterocycles. The number of anilines is 1. The van der Waals surface area contributed by atoms with E-state index in [0.29, 0.717) is 32.6 Å². The average molecular weight is 503 g/mol. The van der Waals surface area contributed by atoms with Crippen molar-refractivity contribution in [1.82, 2.24) is 15.1 Å². The zero-order valence-electron chi connectivity index (χ0n) is 21.6. The Labute approximate surface area is 218 Å². The molecule has 194 valence electrons. The molecular formula is C29H34N4O4. The molecule has 0 radical (unpaired) electrons. The number of aromatic nitrogens is 2. The molecular weight excluding hydrogens is 468 g/mol. The number of nitrogens with zero attached hydrogens (tertiary/aromatic N) is 4. The van der Waals surface area contributed by atoms with Gasteiger partial charge in [0.2, 0.25) is 5.91 Å². The Morgan fingerprint density at radius 1 is 0.946 bits per heavy atom. The van der Waals surface area contributed by atoms with E-state index < -0.39 is 5.60 Å². The van der Waals surface area contributed by atoms with Crippen LogP contribution in [0.2, 0.25) is 0 Å². The van der Waals surface area contributed by atoms with E-state index in [0.717, 1.165) is 22.7 Å². The number of carbonyl (C=O) groups excluding carboxylic acids is 1. The maximum absolute atomic E-state index is 14.1. The minimum atomic E-state index is -0.594. The Bertz CT molecular complexity index is 1180. The van der Waals surface area contributed by atoms with Crippen LogP contribution >= 0.6 is 0 Å². The molecule has 0 saturated carbocycles. The van der Waals surface area contributed by atoms with Gasteiger partial charge in [0.05, 0.1) is 19.6 Å². The fourth-order valence-electron chi connectivity index (χ4n) is 5.89. The van der Waals surface area contributed by atoms with Gasteiger partial charge in [-0.2, -0.15) is 5.10 Å². The highest BCUT2D eigenvalue weighted by atomic mass is 16.5. The van der Waals surface area contributed by atoms with Crippen molar-refractivity contribution in [3.8, 4) is 5.75 Å². The van der Waals surface area contributed by atoms with Crippen LogP contribution in [0.15, 0.2) is 72.9 Å². The molecule has 4 atom stereocenters. The van der Waals surface area contributed by atoms with Crippen molar-refractivity contribution >= 4 is 11.7 Å². The standard InChI is InChI=1S/C29H34N4O4/c1-35-23-13-11-21(12-14-23)24-18-33(27-10-7-16-30-31-27)19-25(24)28(34)32-17-15-29(37-3,26(20-32)36-2)22-8-5-4-6-9-22/h4-14,16,24-26H,15,17-20H2,1-3H3/t24-,25+,26-,29-/m0/s1. The molecule has 0 N–H and O–H groups in total. The van der Waals surface area contributed by atoms with Crippen molar-refractivity contribution in [3.05, 3.63) is 84.1 Å². The largest absolute Gasteiger partial charge is 0.497 e. The summed E-state index contributed by atoms with van der Waals surface area (Å²) in [6.07, 6.45) is 2.04. The lowest BCUT2D eigenvalue weighted by atomic mass is 9.80. The lowest BCUT2D eigenvalue weighted by Gasteiger charge is -2.47. The number of ether oxygens (including phenoxy) is 3. The fourth-order valence-corrected chi connectivity index (χ4v) is 5.89. The van der Waals surface area contributed by atoms with E-state index in [-0.39, 0.29) is 23.8 Å². The predicted molar refractivity (Wildman–Crippen MR) is 141 cm³/mol. The molecule has 2 fully saturated rings. The number of amides is 1. The summed E-state index contributed by atoms with van der Waals surface area (Å²) in [6.45, 7) is 2.33. The summed E-state index contributed by atoms with van der Waals surface area (Å²) in [5.74, 6) is 1.51. The van der Waals surface area contributed by atoms with Crippen LogP contribution in [0.25, 0.3) is 0 Å². The molecule has 2 aliphatic rings. The van der Waals surface area contributed by atoms with Gasteiger partial charge in [-0.25, -0.2) is 0 Å². The Morgan fingerprint density at radius 3 is 2.38 bits per heavy atom. The van der Waals surface area contributed by atoms with Crippen LogP contribution in [0.5, 0.6) is 5.75 Å². The summed E-state index contributed by atoms with van der Waals surface area (Å²) in [4.78, 5) is 18.2. The van der Waals surface area contributed by atoms with Crippen molar-refractivity contribution in [3.63, 3.8) is 0 Å². The minimum absolute atomic E-state index is 0.0182. The smallest absolute Gasteiger partial charge is 0.228 e. The second kappa shape index (κ2) is 10.9. The summed E-state index contributed by atoms with van der Waals surface area (Å²) < 4.78 is 17.4. The SMILES string of the molecule is COc1ccc([C@@H]2CN(c3cccnn3)C[C@H]2C(=O)N2CC[C@](OC)(c3ccccc3)[C@@H](OC)C2)cc1. The number of piperidine rings is 1. The van der Waals surface area contributed by atoms with Gasteiger partial charge in [-0.05, 0) is 35.4 Å². The molecule has 2 aromatic carbocycles. The van der Waals surface area contributed by atoms with Crippen molar-refractivity contribution in [2.24, 2.45) is 5.92 Å². The first kappa shape index (κ1) is 25.2. The van der Waals surface area contributed by atoms with Crippen LogP contribution in [-0.4, -0.2) is 74.6 Å². The number of hydrogen-bond donors (Lipinski definition) is 0. The topological polar surface area (TPSA) is 77.0 Å². The Morgan fingerprint density at radius 2 is 1.73 bits per heavy atom. The number of methoxy groups -OCH3 is 3. The van der Waals surface area contributed by atoms with E-state index in [2.05, 4.69) is 39.4 Å². The minimum Gasteiger partial charge on any atom is -0.497 e. The highest BCUT2D eigenvalue weighted by Gasteiger charge is 2.49. The lowest BCUT2D eigenvalue weighted by molar-refractivity contribution is -0.170. The molecule has 2 saturated heterocycles. The Balaban J connectivity index is 1.41. The number of benzene rings is 2. The van der Waals surface area contributed by atoms with E-state index in [9.17, 15) is 4.79 Å². The van der Waals surface area contributed by atoms with Gasteiger partial charge >= 0.3 is 0 Å². The third-order valence-corrected chi connectivity index (χ3v) is 7.95. The summed E-state index contributed by atoms with van der Waals surface area (Å²) in [5, 5.41) is 8.36. The first-order valence-corrected chi connectivity index (χ1v) is 12.7. The normalized spacial score (nSPS) is 25.8. The van der Waals surface area contributed by atoms with Crippen molar-refractivity contribution in [1.29, 1.82) is 0 Å². The van der Waals surface area contributed by atoms with Crippen LogP contribution in [0.1, 0.15) is 23.5 Å². The van der Waals surface area contributed by atoms with Crippen LogP contribution in [-0.2, 0) is 19.9 Å². The highest BCUT2D eigenvalue weighted by Crippen LogP contribution is 2.41. The van der Waals surface area contributed by atoms with Crippen molar-refractivity contribution in [2.75, 3.05) is 52.4 Å². The average Bonchev–Trinajstić information content (AvgIpc) is 3.43. The molecule has 3 heterocycles. The summed E-state index contributed by atoms with van der Waals surface area (Å²) in [6, 6.07) is 22.0.